The zero-order valence-electron chi connectivity index (χ0n) is 13.2. The molecule has 0 atom stereocenters. The van der Waals surface area contributed by atoms with Gasteiger partial charge in [0.1, 0.15) is 5.82 Å². The van der Waals surface area contributed by atoms with Crippen molar-refractivity contribution in [1.82, 2.24) is 4.98 Å². The van der Waals surface area contributed by atoms with E-state index in [1.165, 1.54) is 31.2 Å². The number of hydrogen-bond donors (Lipinski definition) is 1. The van der Waals surface area contributed by atoms with E-state index in [2.05, 4.69) is 37.8 Å². The molecule has 0 amide bonds. The molecule has 1 fully saturated rings. The Bertz CT molecular complexity index is 400. The lowest BCUT2D eigenvalue weighted by atomic mass is 10.1. The summed E-state index contributed by atoms with van der Waals surface area (Å²) in [6, 6.07) is 5.01. The van der Waals surface area contributed by atoms with Crippen molar-refractivity contribution in [3.63, 3.8) is 0 Å². The zero-order chi connectivity index (χ0) is 14.5. The number of nitrogens with two attached hydrogens (primary N) is 1. The van der Waals surface area contributed by atoms with Gasteiger partial charge in [-0.05, 0) is 42.9 Å². The topological polar surface area (TPSA) is 42.1 Å². The van der Waals surface area contributed by atoms with Gasteiger partial charge in [-0.2, -0.15) is 0 Å². The van der Waals surface area contributed by atoms with Crippen LogP contribution in [0.3, 0.4) is 0 Å². The molecule has 0 aromatic carbocycles. The molecule has 0 radical (unpaired) electrons. The molecule has 1 saturated carbocycles. The fourth-order valence-corrected chi connectivity index (χ4v) is 3.12. The van der Waals surface area contributed by atoms with E-state index in [-0.39, 0.29) is 0 Å². The van der Waals surface area contributed by atoms with Gasteiger partial charge in [0.2, 0.25) is 0 Å². The Balaban J connectivity index is 2.30. The van der Waals surface area contributed by atoms with E-state index in [4.69, 9.17) is 10.7 Å². The molecule has 1 aromatic heterocycles. The Hall–Kier alpha value is -1.09. The largest absolute Gasteiger partial charge is 0.353 e. The lowest BCUT2D eigenvalue weighted by Crippen LogP contribution is -2.37. The second kappa shape index (κ2) is 7.07. The Labute approximate surface area is 123 Å². The van der Waals surface area contributed by atoms with E-state index in [0.29, 0.717) is 18.5 Å². The number of aryl methyl sites for hydroxylation is 1. The quantitative estimate of drug-likeness (QED) is 0.864. The third kappa shape index (κ3) is 3.72. The van der Waals surface area contributed by atoms with Crippen LogP contribution in [-0.2, 0) is 13.0 Å². The van der Waals surface area contributed by atoms with Crippen LogP contribution in [0, 0.1) is 5.92 Å². The molecule has 0 spiro atoms. The van der Waals surface area contributed by atoms with Gasteiger partial charge in [0.15, 0.2) is 0 Å². The van der Waals surface area contributed by atoms with Crippen LogP contribution in [0.2, 0.25) is 0 Å². The molecule has 1 aliphatic carbocycles. The van der Waals surface area contributed by atoms with Crippen molar-refractivity contribution in [3.05, 3.63) is 23.4 Å². The third-order valence-electron chi connectivity index (χ3n) is 4.14. The maximum Gasteiger partial charge on any atom is 0.129 e. The predicted molar refractivity (Wildman–Crippen MR) is 85.9 cm³/mol. The highest BCUT2D eigenvalue weighted by Gasteiger charge is 2.24. The lowest BCUT2D eigenvalue weighted by molar-refractivity contribution is 0.530. The summed E-state index contributed by atoms with van der Waals surface area (Å²) in [6.45, 7) is 8.43. The van der Waals surface area contributed by atoms with Gasteiger partial charge in [-0.3, -0.25) is 0 Å². The zero-order valence-corrected chi connectivity index (χ0v) is 13.2. The first-order valence-corrected chi connectivity index (χ1v) is 8.10. The van der Waals surface area contributed by atoms with Gasteiger partial charge in [-0.25, -0.2) is 4.98 Å². The van der Waals surface area contributed by atoms with Crippen LogP contribution < -0.4 is 10.6 Å². The molecular formula is C17H29N3. The van der Waals surface area contributed by atoms with E-state index < -0.39 is 0 Å². The minimum absolute atomic E-state index is 0.600. The number of nitrogens with zero attached hydrogens (tertiary/aromatic N) is 2. The van der Waals surface area contributed by atoms with E-state index in [9.17, 15) is 0 Å². The van der Waals surface area contributed by atoms with Crippen LogP contribution in [0.1, 0.15) is 57.7 Å². The average molecular weight is 275 g/mol. The highest BCUT2D eigenvalue weighted by atomic mass is 15.2. The van der Waals surface area contributed by atoms with Crippen LogP contribution in [0.4, 0.5) is 5.82 Å². The maximum atomic E-state index is 5.85. The summed E-state index contributed by atoms with van der Waals surface area (Å²) in [4.78, 5) is 7.41. The van der Waals surface area contributed by atoms with Crippen molar-refractivity contribution in [1.29, 1.82) is 0 Å². The second-order valence-electron chi connectivity index (χ2n) is 6.37. The molecule has 2 N–H and O–H groups in total. The maximum absolute atomic E-state index is 5.85. The molecule has 0 aliphatic heterocycles. The lowest BCUT2D eigenvalue weighted by Gasteiger charge is -2.32. The smallest absolute Gasteiger partial charge is 0.129 e. The summed E-state index contributed by atoms with van der Waals surface area (Å²) in [6.07, 6.45) is 6.30. The van der Waals surface area contributed by atoms with E-state index >= 15 is 0 Å². The van der Waals surface area contributed by atoms with Gasteiger partial charge in [0.05, 0.1) is 0 Å². The number of pyridine rings is 1. The average Bonchev–Trinajstić information content (AvgIpc) is 2.97. The molecule has 0 bridgehead atoms. The SMILES string of the molecule is CCc1cc(CN)cc(N(CC(C)C)C2CCCC2)n1. The second-order valence-corrected chi connectivity index (χ2v) is 6.37. The first-order valence-electron chi connectivity index (χ1n) is 8.10. The van der Waals surface area contributed by atoms with Crippen molar-refractivity contribution in [2.24, 2.45) is 11.7 Å². The Kier molecular flexibility index (Phi) is 5.41. The monoisotopic (exact) mass is 275 g/mol. The summed E-state index contributed by atoms with van der Waals surface area (Å²) in [5.74, 6) is 1.80. The number of rotatable bonds is 6. The van der Waals surface area contributed by atoms with Crippen LogP contribution in [0.15, 0.2) is 12.1 Å². The van der Waals surface area contributed by atoms with Gasteiger partial charge >= 0.3 is 0 Å². The van der Waals surface area contributed by atoms with Gasteiger partial charge < -0.3 is 10.6 Å². The van der Waals surface area contributed by atoms with Crippen molar-refractivity contribution in [2.75, 3.05) is 11.4 Å². The Morgan fingerprint density at radius 1 is 1.30 bits per heavy atom. The molecule has 1 aliphatic rings. The minimum Gasteiger partial charge on any atom is -0.353 e. The summed E-state index contributed by atoms with van der Waals surface area (Å²) < 4.78 is 0. The highest BCUT2D eigenvalue weighted by Crippen LogP contribution is 2.28. The molecule has 1 heterocycles. The highest BCUT2D eigenvalue weighted by molar-refractivity contribution is 5.44. The minimum atomic E-state index is 0.600. The molecule has 3 heteroatoms. The van der Waals surface area contributed by atoms with Gasteiger partial charge in [0, 0.05) is 24.8 Å². The molecule has 0 saturated heterocycles. The number of hydrogen-bond acceptors (Lipinski definition) is 3. The summed E-state index contributed by atoms with van der Waals surface area (Å²) in [5, 5.41) is 0. The summed E-state index contributed by atoms with van der Waals surface area (Å²) >= 11 is 0. The number of anilines is 1. The fourth-order valence-electron chi connectivity index (χ4n) is 3.12. The Morgan fingerprint density at radius 2 is 2.00 bits per heavy atom. The van der Waals surface area contributed by atoms with Gasteiger partial charge in [-0.15, -0.1) is 0 Å². The van der Waals surface area contributed by atoms with E-state index in [1.54, 1.807) is 0 Å². The third-order valence-corrected chi connectivity index (χ3v) is 4.14. The van der Waals surface area contributed by atoms with Crippen LogP contribution >= 0.6 is 0 Å². The molecule has 112 valence electrons. The van der Waals surface area contributed by atoms with E-state index in [0.717, 1.165) is 24.5 Å². The van der Waals surface area contributed by atoms with Gasteiger partial charge in [-0.1, -0.05) is 33.6 Å². The van der Waals surface area contributed by atoms with Crippen molar-refractivity contribution in [3.8, 4) is 0 Å². The summed E-state index contributed by atoms with van der Waals surface area (Å²) in [7, 11) is 0. The first kappa shape index (κ1) is 15.3. The fraction of sp³-hybridized carbons (Fsp3) is 0.706. The standard InChI is InChI=1S/C17H29N3/c1-4-15-9-14(11-18)10-17(19-15)20(12-13(2)3)16-7-5-6-8-16/h9-10,13,16H,4-8,11-12,18H2,1-3H3. The van der Waals surface area contributed by atoms with Gasteiger partial charge in [0.25, 0.3) is 0 Å². The van der Waals surface area contributed by atoms with Crippen molar-refractivity contribution in [2.45, 2.75) is 65.5 Å². The van der Waals surface area contributed by atoms with Crippen molar-refractivity contribution < 1.29 is 0 Å². The van der Waals surface area contributed by atoms with Crippen molar-refractivity contribution >= 4 is 5.82 Å². The number of aromatic nitrogens is 1. The normalized spacial score (nSPS) is 16.1. The van der Waals surface area contributed by atoms with Crippen LogP contribution in [-0.4, -0.2) is 17.6 Å². The Morgan fingerprint density at radius 3 is 2.55 bits per heavy atom. The molecule has 3 nitrogen and oxygen atoms in total. The molecular weight excluding hydrogens is 246 g/mol. The summed E-state index contributed by atoms with van der Waals surface area (Å²) in [5.41, 5.74) is 8.22. The van der Waals surface area contributed by atoms with Crippen LogP contribution in [0.25, 0.3) is 0 Å². The molecule has 1 aromatic rings. The predicted octanol–water partition coefficient (Wildman–Crippen LogP) is 3.51. The van der Waals surface area contributed by atoms with Crippen LogP contribution in [0.5, 0.6) is 0 Å². The molecule has 2 rings (SSSR count). The molecule has 0 unspecified atom stereocenters. The molecule has 20 heavy (non-hydrogen) atoms. The van der Waals surface area contributed by atoms with E-state index in [1.807, 2.05) is 0 Å². The first-order chi connectivity index (χ1) is 9.63.